The summed E-state index contributed by atoms with van der Waals surface area (Å²) in [6.45, 7) is 0. The standard InChI is InChI=1S/C8H7NO4S/c10-3-4-1-5(8(12)13)9-6(11)2-7(9)14-4/h1,3-4,7H,2H2,(H,12,13)/t4?,7-/m1/s1. The average Bonchev–Trinajstić information content (AvgIpc) is 2.14. The molecule has 0 spiro atoms. The summed E-state index contributed by atoms with van der Waals surface area (Å²) in [5.41, 5.74) is -0.0675. The molecule has 1 saturated heterocycles. The number of amides is 1. The number of carbonyl (C=O) groups is 3. The van der Waals surface area contributed by atoms with Gasteiger partial charge in [-0.3, -0.25) is 9.69 Å². The fourth-order valence-corrected chi connectivity index (χ4v) is 2.71. The molecule has 1 unspecified atom stereocenters. The first-order valence-electron chi connectivity index (χ1n) is 4.01. The topological polar surface area (TPSA) is 74.7 Å². The maximum Gasteiger partial charge on any atom is 0.352 e. The molecule has 2 atom stereocenters. The highest BCUT2D eigenvalue weighted by Crippen LogP contribution is 2.39. The Labute approximate surface area is 83.8 Å². The molecule has 2 aliphatic heterocycles. The lowest BCUT2D eigenvalue weighted by Gasteiger charge is -2.43. The minimum Gasteiger partial charge on any atom is -0.477 e. The zero-order valence-electron chi connectivity index (χ0n) is 7.04. The number of nitrogens with zero attached hydrogens (tertiary/aromatic N) is 1. The number of hydrogen-bond acceptors (Lipinski definition) is 4. The van der Waals surface area contributed by atoms with Gasteiger partial charge in [0.15, 0.2) is 0 Å². The second-order valence-corrected chi connectivity index (χ2v) is 4.38. The van der Waals surface area contributed by atoms with Gasteiger partial charge in [-0.2, -0.15) is 0 Å². The first-order valence-corrected chi connectivity index (χ1v) is 4.95. The van der Waals surface area contributed by atoms with Gasteiger partial charge >= 0.3 is 5.97 Å². The van der Waals surface area contributed by atoms with E-state index in [1.54, 1.807) is 0 Å². The van der Waals surface area contributed by atoms with Crippen LogP contribution >= 0.6 is 11.8 Å². The zero-order chi connectivity index (χ0) is 10.3. The third kappa shape index (κ3) is 1.22. The van der Waals surface area contributed by atoms with Crippen molar-refractivity contribution in [3.63, 3.8) is 0 Å². The molecule has 1 N–H and O–H groups in total. The molecule has 0 radical (unpaired) electrons. The summed E-state index contributed by atoms with van der Waals surface area (Å²) in [6.07, 6.45) is 2.32. The monoisotopic (exact) mass is 213 g/mol. The van der Waals surface area contributed by atoms with Crippen molar-refractivity contribution in [3.05, 3.63) is 11.8 Å². The van der Waals surface area contributed by atoms with Crippen molar-refractivity contribution in [2.24, 2.45) is 0 Å². The van der Waals surface area contributed by atoms with Crippen LogP contribution in [-0.2, 0) is 14.4 Å². The zero-order valence-corrected chi connectivity index (χ0v) is 7.86. The molecule has 0 aromatic heterocycles. The first-order chi connectivity index (χ1) is 6.63. The number of carboxylic acid groups (broad SMARTS) is 1. The van der Waals surface area contributed by atoms with E-state index in [1.165, 1.54) is 22.7 Å². The van der Waals surface area contributed by atoms with Gasteiger partial charge in [-0.1, -0.05) is 0 Å². The molecular weight excluding hydrogens is 206 g/mol. The van der Waals surface area contributed by atoms with Gasteiger partial charge in [-0.15, -0.1) is 11.8 Å². The second kappa shape index (κ2) is 3.13. The Morgan fingerprint density at radius 3 is 2.93 bits per heavy atom. The van der Waals surface area contributed by atoms with E-state index in [4.69, 9.17) is 5.11 Å². The molecular formula is C8H7NO4S. The van der Waals surface area contributed by atoms with Gasteiger partial charge in [-0.05, 0) is 6.08 Å². The molecule has 0 saturated carbocycles. The number of aldehydes is 1. The highest BCUT2D eigenvalue weighted by molar-refractivity contribution is 8.01. The lowest BCUT2D eigenvalue weighted by atomic mass is 10.1. The smallest absolute Gasteiger partial charge is 0.352 e. The number of thioether (sulfide) groups is 1. The molecule has 1 fully saturated rings. The van der Waals surface area contributed by atoms with E-state index in [2.05, 4.69) is 0 Å². The van der Waals surface area contributed by atoms with E-state index >= 15 is 0 Å². The van der Waals surface area contributed by atoms with Crippen LogP contribution in [-0.4, -0.2) is 38.8 Å². The Kier molecular flexibility index (Phi) is 2.07. The normalized spacial score (nSPS) is 30.1. The minimum absolute atomic E-state index is 0.0675. The summed E-state index contributed by atoms with van der Waals surface area (Å²) in [4.78, 5) is 33.6. The molecule has 2 heterocycles. The summed E-state index contributed by atoms with van der Waals surface area (Å²) < 4.78 is 0. The van der Waals surface area contributed by atoms with Crippen LogP contribution in [0.15, 0.2) is 11.8 Å². The van der Waals surface area contributed by atoms with E-state index in [1.807, 2.05) is 0 Å². The van der Waals surface area contributed by atoms with Crippen molar-refractivity contribution < 1.29 is 19.5 Å². The van der Waals surface area contributed by atoms with Crippen LogP contribution < -0.4 is 0 Å². The van der Waals surface area contributed by atoms with E-state index in [0.29, 0.717) is 12.7 Å². The maximum absolute atomic E-state index is 11.1. The molecule has 0 bridgehead atoms. The lowest BCUT2D eigenvalue weighted by Crippen LogP contribution is -2.54. The molecule has 1 amide bonds. The molecule has 5 nitrogen and oxygen atoms in total. The van der Waals surface area contributed by atoms with Gasteiger partial charge in [0.1, 0.15) is 12.0 Å². The molecule has 0 aromatic carbocycles. The SMILES string of the molecule is O=CC1C=C(C(=O)O)N2C(=O)C[C@H]2S1. The highest BCUT2D eigenvalue weighted by atomic mass is 32.2. The Morgan fingerprint density at radius 1 is 1.71 bits per heavy atom. The molecule has 0 aliphatic carbocycles. The van der Waals surface area contributed by atoms with Crippen LogP contribution in [0.1, 0.15) is 6.42 Å². The molecule has 2 rings (SSSR count). The molecule has 14 heavy (non-hydrogen) atoms. The van der Waals surface area contributed by atoms with E-state index in [-0.39, 0.29) is 17.0 Å². The summed E-state index contributed by atoms with van der Waals surface area (Å²) in [7, 11) is 0. The second-order valence-electron chi connectivity index (χ2n) is 3.02. The van der Waals surface area contributed by atoms with Crippen molar-refractivity contribution in [2.45, 2.75) is 17.0 Å². The van der Waals surface area contributed by atoms with E-state index in [9.17, 15) is 14.4 Å². The van der Waals surface area contributed by atoms with Gasteiger partial charge in [0.05, 0.1) is 17.0 Å². The van der Waals surface area contributed by atoms with Gasteiger partial charge in [0.25, 0.3) is 0 Å². The van der Waals surface area contributed by atoms with Gasteiger partial charge in [0.2, 0.25) is 5.91 Å². The average molecular weight is 213 g/mol. The third-order valence-corrected chi connectivity index (χ3v) is 3.41. The summed E-state index contributed by atoms with van der Waals surface area (Å²) >= 11 is 1.30. The Hall–Kier alpha value is -1.30. The number of rotatable bonds is 2. The molecule has 6 heteroatoms. The van der Waals surface area contributed by atoms with Crippen LogP contribution in [0.3, 0.4) is 0 Å². The quantitative estimate of drug-likeness (QED) is 0.509. The predicted molar refractivity (Wildman–Crippen MR) is 48.4 cm³/mol. The van der Waals surface area contributed by atoms with Gasteiger partial charge in [-0.25, -0.2) is 4.79 Å². The van der Waals surface area contributed by atoms with Crippen molar-refractivity contribution in [3.8, 4) is 0 Å². The lowest BCUT2D eigenvalue weighted by molar-refractivity contribution is -0.146. The number of aliphatic carboxylic acids is 1. The van der Waals surface area contributed by atoms with E-state index < -0.39 is 11.2 Å². The van der Waals surface area contributed by atoms with Crippen LogP contribution in [0.5, 0.6) is 0 Å². The fourth-order valence-electron chi connectivity index (χ4n) is 1.49. The Bertz CT molecular complexity index is 351. The van der Waals surface area contributed by atoms with Crippen molar-refractivity contribution >= 4 is 29.9 Å². The first kappa shape index (κ1) is 9.26. The van der Waals surface area contributed by atoms with Crippen molar-refractivity contribution in [2.75, 3.05) is 0 Å². The molecule has 74 valence electrons. The summed E-state index contributed by atoms with van der Waals surface area (Å²) in [6, 6.07) is 0. The maximum atomic E-state index is 11.1. The number of carbonyl (C=O) groups excluding carboxylic acids is 2. The van der Waals surface area contributed by atoms with Gasteiger partial charge < -0.3 is 9.90 Å². The number of β-lactam (4-membered cyclic amide) rings is 1. The number of carboxylic acids is 1. The fraction of sp³-hybridized carbons (Fsp3) is 0.375. The van der Waals surface area contributed by atoms with Crippen molar-refractivity contribution in [1.82, 2.24) is 4.90 Å². The summed E-state index contributed by atoms with van der Waals surface area (Å²) in [5.74, 6) is -1.35. The number of hydrogen-bond donors (Lipinski definition) is 1. The third-order valence-electron chi connectivity index (χ3n) is 2.16. The van der Waals surface area contributed by atoms with Gasteiger partial charge in [0, 0.05) is 0 Å². The van der Waals surface area contributed by atoms with E-state index in [0.717, 1.165) is 0 Å². The largest absolute Gasteiger partial charge is 0.477 e. The summed E-state index contributed by atoms with van der Waals surface area (Å²) in [5, 5.41) is 8.18. The van der Waals surface area contributed by atoms with Crippen molar-refractivity contribution in [1.29, 1.82) is 0 Å². The molecule has 0 aromatic rings. The Morgan fingerprint density at radius 2 is 2.43 bits per heavy atom. The number of fused-ring (bicyclic) bond motifs is 1. The highest BCUT2D eigenvalue weighted by Gasteiger charge is 2.45. The molecule has 2 aliphatic rings. The predicted octanol–water partition coefficient (Wildman–Crippen LogP) is -0.172. The Balaban J connectivity index is 2.32. The van der Waals surface area contributed by atoms with Crippen LogP contribution in [0.25, 0.3) is 0 Å². The van der Waals surface area contributed by atoms with Crippen LogP contribution in [0.4, 0.5) is 0 Å². The van der Waals surface area contributed by atoms with Crippen LogP contribution in [0.2, 0.25) is 0 Å². The minimum atomic E-state index is -1.16. The van der Waals surface area contributed by atoms with Crippen LogP contribution in [0, 0.1) is 0 Å².